The van der Waals surface area contributed by atoms with E-state index in [1.165, 1.54) is 0 Å². The highest BCUT2D eigenvalue weighted by Gasteiger charge is 2.06. The van der Waals surface area contributed by atoms with E-state index >= 15 is 0 Å². The molecule has 122 valence electrons. The standard InChI is InChI=1S/C19H20N4S/c1-2-3-12-21-19-23(22-14-17-11-7-8-13-20-17)18(15-24-19)16-9-5-4-6-10-16/h4-11,13-15H,2-3,12H2,1H3/b21-19?,22-14-. The molecule has 0 aliphatic rings. The minimum atomic E-state index is 0.824. The minimum Gasteiger partial charge on any atom is -0.257 e. The van der Waals surface area contributed by atoms with Crippen molar-refractivity contribution >= 4 is 17.6 Å². The molecule has 0 unspecified atom stereocenters. The predicted molar refractivity (Wildman–Crippen MR) is 100 cm³/mol. The molecule has 24 heavy (non-hydrogen) atoms. The van der Waals surface area contributed by atoms with Crippen LogP contribution in [0.3, 0.4) is 0 Å². The van der Waals surface area contributed by atoms with Crippen molar-refractivity contribution in [3.05, 3.63) is 70.6 Å². The Labute approximate surface area is 145 Å². The van der Waals surface area contributed by atoms with E-state index in [4.69, 9.17) is 4.99 Å². The first-order valence-electron chi connectivity index (χ1n) is 8.10. The van der Waals surface area contributed by atoms with Crippen LogP contribution in [0.1, 0.15) is 25.5 Å². The van der Waals surface area contributed by atoms with Gasteiger partial charge in [0.25, 0.3) is 0 Å². The van der Waals surface area contributed by atoms with Crippen molar-refractivity contribution in [2.45, 2.75) is 19.8 Å². The Morgan fingerprint density at radius 3 is 2.71 bits per heavy atom. The molecule has 2 heterocycles. The molecule has 0 spiro atoms. The van der Waals surface area contributed by atoms with Gasteiger partial charge in [-0.25, -0.2) is 4.68 Å². The molecular weight excluding hydrogens is 316 g/mol. The molecule has 2 aromatic heterocycles. The van der Waals surface area contributed by atoms with Crippen LogP contribution >= 0.6 is 11.3 Å². The van der Waals surface area contributed by atoms with Crippen LogP contribution in [-0.2, 0) is 0 Å². The molecule has 1 aromatic carbocycles. The highest BCUT2D eigenvalue weighted by molar-refractivity contribution is 7.07. The lowest BCUT2D eigenvalue weighted by molar-refractivity contribution is 0.764. The van der Waals surface area contributed by atoms with Crippen LogP contribution in [0.15, 0.2) is 70.2 Å². The molecule has 3 rings (SSSR count). The van der Waals surface area contributed by atoms with Gasteiger partial charge >= 0.3 is 0 Å². The quantitative estimate of drug-likeness (QED) is 0.491. The van der Waals surface area contributed by atoms with Gasteiger partial charge in [0.2, 0.25) is 4.80 Å². The summed E-state index contributed by atoms with van der Waals surface area (Å²) in [6.45, 7) is 3.00. The third-order valence-corrected chi connectivity index (χ3v) is 4.36. The number of aromatic nitrogens is 2. The minimum absolute atomic E-state index is 0.824. The maximum Gasteiger partial charge on any atom is 0.206 e. The fraction of sp³-hybridized carbons (Fsp3) is 0.211. The number of unbranched alkanes of at least 4 members (excludes halogenated alkanes) is 1. The number of nitrogens with zero attached hydrogens (tertiary/aromatic N) is 4. The Hall–Kier alpha value is -2.53. The number of rotatable bonds is 6. The molecule has 0 aliphatic heterocycles. The number of hydrogen-bond donors (Lipinski definition) is 0. The fourth-order valence-electron chi connectivity index (χ4n) is 2.23. The summed E-state index contributed by atoms with van der Waals surface area (Å²) in [5.74, 6) is 0. The average molecular weight is 336 g/mol. The van der Waals surface area contributed by atoms with Crippen LogP contribution in [0.5, 0.6) is 0 Å². The molecule has 0 saturated heterocycles. The molecule has 0 aliphatic carbocycles. The van der Waals surface area contributed by atoms with Gasteiger partial charge in [-0.05, 0) is 18.6 Å². The molecule has 0 atom stereocenters. The molecule has 0 bridgehead atoms. The van der Waals surface area contributed by atoms with Gasteiger partial charge in [-0.1, -0.05) is 49.7 Å². The summed E-state index contributed by atoms with van der Waals surface area (Å²) in [6, 6.07) is 16.1. The second-order valence-corrected chi connectivity index (χ2v) is 6.15. The number of hydrogen-bond acceptors (Lipinski definition) is 4. The lowest BCUT2D eigenvalue weighted by Crippen LogP contribution is -2.13. The van der Waals surface area contributed by atoms with E-state index < -0.39 is 0 Å². The molecule has 0 fully saturated rings. The van der Waals surface area contributed by atoms with E-state index in [9.17, 15) is 0 Å². The maximum atomic E-state index is 4.70. The Bertz CT molecular complexity index is 848. The Morgan fingerprint density at radius 1 is 1.12 bits per heavy atom. The molecular formula is C19H20N4S. The Kier molecular flexibility index (Phi) is 5.69. The van der Waals surface area contributed by atoms with Gasteiger partial charge in [-0.15, -0.1) is 11.3 Å². The van der Waals surface area contributed by atoms with Crippen molar-refractivity contribution < 1.29 is 0 Å². The van der Waals surface area contributed by atoms with Gasteiger partial charge in [-0.2, -0.15) is 5.10 Å². The predicted octanol–water partition coefficient (Wildman–Crippen LogP) is 4.19. The lowest BCUT2D eigenvalue weighted by Gasteiger charge is -2.03. The smallest absolute Gasteiger partial charge is 0.206 e. The molecule has 0 saturated carbocycles. The van der Waals surface area contributed by atoms with Crippen LogP contribution < -0.4 is 4.80 Å². The van der Waals surface area contributed by atoms with Crippen LogP contribution in [0.25, 0.3) is 11.3 Å². The van der Waals surface area contributed by atoms with Crippen molar-refractivity contribution in [3.63, 3.8) is 0 Å². The Balaban J connectivity index is 2.01. The van der Waals surface area contributed by atoms with Gasteiger partial charge in [0, 0.05) is 23.7 Å². The van der Waals surface area contributed by atoms with Gasteiger partial charge in [-0.3, -0.25) is 9.98 Å². The third kappa shape index (κ3) is 4.06. The second kappa shape index (κ2) is 8.36. The molecule has 5 heteroatoms. The van der Waals surface area contributed by atoms with Crippen LogP contribution in [-0.4, -0.2) is 22.4 Å². The Morgan fingerprint density at radius 2 is 1.96 bits per heavy atom. The SMILES string of the molecule is CCCCN=c1scc(-c2ccccc2)n1/N=C\c1ccccn1. The molecule has 3 aromatic rings. The summed E-state index contributed by atoms with van der Waals surface area (Å²) in [5, 5.41) is 6.74. The summed E-state index contributed by atoms with van der Waals surface area (Å²) in [7, 11) is 0. The zero-order valence-corrected chi connectivity index (χ0v) is 14.5. The van der Waals surface area contributed by atoms with E-state index in [1.54, 1.807) is 23.7 Å². The van der Waals surface area contributed by atoms with Crippen molar-refractivity contribution in [2.75, 3.05) is 6.54 Å². The van der Waals surface area contributed by atoms with E-state index in [2.05, 4.69) is 34.5 Å². The topological polar surface area (TPSA) is 42.5 Å². The van der Waals surface area contributed by atoms with Crippen LogP contribution in [0.2, 0.25) is 0 Å². The second-order valence-electron chi connectivity index (χ2n) is 5.32. The zero-order valence-electron chi connectivity index (χ0n) is 13.7. The highest BCUT2D eigenvalue weighted by Crippen LogP contribution is 2.19. The number of benzene rings is 1. The summed E-state index contributed by atoms with van der Waals surface area (Å²) in [6.07, 6.45) is 5.77. The van der Waals surface area contributed by atoms with E-state index in [1.807, 2.05) is 41.1 Å². The molecule has 0 radical (unpaired) electrons. The fourth-order valence-corrected chi connectivity index (χ4v) is 3.09. The van der Waals surface area contributed by atoms with Crippen LogP contribution in [0, 0.1) is 0 Å². The summed E-state index contributed by atoms with van der Waals surface area (Å²) < 4.78 is 1.91. The van der Waals surface area contributed by atoms with Gasteiger partial charge in [0.05, 0.1) is 17.6 Å². The maximum absolute atomic E-state index is 4.70. The summed E-state index contributed by atoms with van der Waals surface area (Å²) in [4.78, 5) is 9.91. The van der Waals surface area contributed by atoms with Crippen LogP contribution in [0.4, 0.5) is 0 Å². The number of thiazole rings is 1. The third-order valence-electron chi connectivity index (χ3n) is 3.51. The van der Waals surface area contributed by atoms with Gasteiger partial charge in [0.1, 0.15) is 0 Å². The van der Waals surface area contributed by atoms with E-state index in [-0.39, 0.29) is 0 Å². The molecule has 0 amide bonds. The first-order chi connectivity index (χ1) is 11.9. The van der Waals surface area contributed by atoms with Crippen molar-refractivity contribution in [1.82, 2.24) is 9.66 Å². The van der Waals surface area contributed by atoms with Crippen molar-refractivity contribution in [3.8, 4) is 11.3 Å². The zero-order chi connectivity index (χ0) is 16.6. The highest BCUT2D eigenvalue weighted by atomic mass is 32.1. The molecule has 4 nitrogen and oxygen atoms in total. The van der Waals surface area contributed by atoms with Gasteiger partial charge in [0.15, 0.2) is 0 Å². The van der Waals surface area contributed by atoms with Crippen molar-refractivity contribution in [2.24, 2.45) is 10.1 Å². The van der Waals surface area contributed by atoms with E-state index in [0.717, 1.165) is 41.1 Å². The summed E-state index contributed by atoms with van der Waals surface area (Å²) in [5.41, 5.74) is 3.00. The first-order valence-corrected chi connectivity index (χ1v) is 8.98. The monoisotopic (exact) mass is 336 g/mol. The first kappa shape index (κ1) is 16.3. The van der Waals surface area contributed by atoms with Gasteiger partial charge < -0.3 is 0 Å². The van der Waals surface area contributed by atoms with Crippen molar-refractivity contribution in [1.29, 1.82) is 0 Å². The molecule has 0 N–H and O–H groups in total. The van der Waals surface area contributed by atoms with E-state index in [0.29, 0.717) is 0 Å². The lowest BCUT2D eigenvalue weighted by atomic mass is 10.2. The normalized spacial score (nSPS) is 12.1. The number of pyridine rings is 1. The average Bonchev–Trinajstić information content (AvgIpc) is 3.05. The largest absolute Gasteiger partial charge is 0.257 e. The summed E-state index contributed by atoms with van der Waals surface area (Å²) >= 11 is 1.62.